The Kier molecular flexibility index (Phi) is 6.53. The van der Waals surface area contributed by atoms with Crippen LogP contribution in [0.3, 0.4) is 0 Å². The van der Waals surface area contributed by atoms with E-state index in [0.29, 0.717) is 28.6 Å². The van der Waals surface area contributed by atoms with Crippen LogP contribution in [-0.2, 0) is 9.59 Å². The molecule has 3 aromatic rings. The number of likely N-dealkylation sites (tertiary alicyclic amines) is 1. The molecule has 0 bridgehead atoms. The van der Waals surface area contributed by atoms with Gasteiger partial charge < -0.3 is 19.9 Å². The third-order valence-corrected chi connectivity index (χ3v) is 6.88. The number of benzene rings is 2. The summed E-state index contributed by atoms with van der Waals surface area (Å²) < 4.78 is 7.39. The molecule has 190 valence electrons. The van der Waals surface area contributed by atoms with E-state index in [-0.39, 0.29) is 37.2 Å². The molecule has 1 aliphatic heterocycles. The minimum atomic E-state index is -0.729. The van der Waals surface area contributed by atoms with E-state index >= 15 is 0 Å². The predicted molar refractivity (Wildman–Crippen MR) is 136 cm³/mol. The van der Waals surface area contributed by atoms with Gasteiger partial charge >= 0.3 is 0 Å². The van der Waals surface area contributed by atoms with Crippen LogP contribution in [0, 0.1) is 17.2 Å². The number of para-hydroxylation sites is 1. The van der Waals surface area contributed by atoms with E-state index in [2.05, 4.69) is 16.5 Å². The van der Waals surface area contributed by atoms with Crippen LogP contribution in [0.25, 0.3) is 10.9 Å². The van der Waals surface area contributed by atoms with Gasteiger partial charge in [-0.05, 0) is 43.5 Å². The Labute approximate surface area is 214 Å². The number of likely N-dealkylation sites (N-methyl/N-ethyl adjacent to an activating group) is 1. The Morgan fingerprint density at radius 3 is 2.65 bits per heavy atom. The van der Waals surface area contributed by atoms with Crippen molar-refractivity contribution in [1.82, 2.24) is 19.6 Å². The number of nitrogens with zero attached hydrogens (tertiary/aromatic N) is 5. The van der Waals surface area contributed by atoms with Crippen LogP contribution in [0.5, 0.6) is 5.75 Å². The molecule has 1 aromatic heterocycles. The molecule has 2 atom stereocenters. The molecule has 2 heterocycles. The summed E-state index contributed by atoms with van der Waals surface area (Å²) in [5, 5.41) is 17.9. The molecule has 1 N–H and O–H groups in total. The summed E-state index contributed by atoms with van der Waals surface area (Å²) in [4.78, 5) is 41.8. The molecule has 1 saturated heterocycles. The zero-order chi connectivity index (χ0) is 26.1. The number of nitrogens with one attached hydrogen (secondary N) is 1. The Hall–Kier alpha value is -4.39. The van der Waals surface area contributed by atoms with Gasteiger partial charge in [-0.3, -0.25) is 19.1 Å². The number of anilines is 1. The number of aromatic nitrogens is 2. The number of rotatable bonds is 7. The molecule has 2 aliphatic rings. The fourth-order valence-electron chi connectivity index (χ4n) is 4.70. The van der Waals surface area contributed by atoms with Crippen LogP contribution in [0.4, 0.5) is 5.69 Å². The molecule has 2 fully saturated rings. The smallest absolute Gasteiger partial charge is 0.254 e. The number of nitriles is 1. The zero-order valence-electron chi connectivity index (χ0n) is 20.8. The van der Waals surface area contributed by atoms with E-state index in [0.717, 1.165) is 18.2 Å². The molecule has 2 unspecified atom stereocenters. The third kappa shape index (κ3) is 4.98. The first-order valence-electron chi connectivity index (χ1n) is 12.2. The van der Waals surface area contributed by atoms with Gasteiger partial charge in [-0.25, -0.2) is 0 Å². The zero-order valence-corrected chi connectivity index (χ0v) is 20.8. The number of carbonyl (C=O) groups is 3. The minimum absolute atomic E-state index is 0.123. The van der Waals surface area contributed by atoms with E-state index in [1.807, 2.05) is 29.1 Å². The molecule has 3 amide bonds. The van der Waals surface area contributed by atoms with Crippen molar-refractivity contribution in [2.45, 2.75) is 31.3 Å². The van der Waals surface area contributed by atoms with Crippen molar-refractivity contribution in [3.63, 3.8) is 0 Å². The van der Waals surface area contributed by atoms with Crippen molar-refractivity contribution >= 4 is 34.3 Å². The molecule has 1 saturated carbocycles. The maximum Gasteiger partial charge on any atom is 0.254 e. The lowest BCUT2D eigenvalue weighted by molar-refractivity contribution is -0.131. The Morgan fingerprint density at radius 1 is 1.22 bits per heavy atom. The third-order valence-electron chi connectivity index (χ3n) is 6.88. The summed E-state index contributed by atoms with van der Waals surface area (Å²) in [6.07, 6.45) is 4.33. The van der Waals surface area contributed by atoms with Crippen molar-refractivity contribution in [2.75, 3.05) is 32.6 Å². The summed E-state index contributed by atoms with van der Waals surface area (Å²) in [6.45, 7) is -0.0936. The summed E-state index contributed by atoms with van der Waals surface area (Å²) >= 11 is 0. The topological polar surface area (TPSA) is 121 Å². The van der Waals surface area contributed by atoms with Crippen LogP contribution >= 0.6 is 0 Å². The number of hydrogen-bond acceptors (Lipinski definition) is 6. The second-order valence-electron chi connectivity index (χ2n) is 9.60. The first kappa shape index (κ1) is 24.3. The number of hydrogen-bond donors (Lipinski definition) is 1. The highest BCUT2D eigenvalue weighted by Crippen LogP contribution is 2.37. The highest BCUT2D eigenvalue weighted by atomic mass is 16.5. The van der Waals surface area contributed by atoms with Gasteiger partial charge in [0.1, 0.15) is 17.3 Å². The van der Waals surface area contributed by atoms with Crippen LogP contribution in [0.1, 0.15) is 35.7 Å². The van der Waals surface area contributed by atoms with Crippen molar-refractivity contribution in [2.24, 2.45) is 5.92 Å². The second kappa shape index (κ2) is 9.93. The Bertz CT molecular complexity index is 1390. The SMILES string of the molecule is COc1cc(C(=O)N(C)CC(=O)N2CC(C(=O)Nc3ccccc3)CC2C#N)cc2cn(C3CC3)nc12. The van der Waals surface area contributed by atoms with Crippen LogP contribution in [0.2, 0.25) is 0 Å². The fourth-order valence-corrected chi connectivity index (χ4v) is 4.70. The molecule has 1 aliphatic carbocycles. The van der Waals surface area contributed by atoms with Gasteiger partial charge in [-0.1, -0.05) is 18.2 Å². The van der Waals surface area contributed by atoms with E-state index < -0.39 is 12.0 Å². The standard InChI is InChI=1S/C27H28N6O4/c1-31(27(36)17-10-18-15-33(21-8-9-21)30-25(18)23(12-17)37-2)16-24(34)32-14-19(11-22(32)13-28)26(35)29-20-6-4-3-5-7-20/h3-7,10,12,15,19,21-22H,8-9,11,14,16H2,1-2H3,(H,29,35). The maximum absolute atomic E-state index is 13.2. The largest absolute Gasteiger partial charge is 0.494 e. The van der Waals surface area contributed by atoms with Crippen LogP contribution in [-0.4, -0.2) is 70.6 Å². The van der Waals surface area contributed by atoms with E-state index in [4.69, 9.17) is 4.74 Å². The van der Waals surface area contributed by atoms with Gasteiger partial charge in [0.2, 0.25) is 11.8 Å². The summed E-state index contributed by atoms with van der Waals surface area (Å²) in [5.74, 6) is -0.982. The van der Waals surface area contributed by atoms with Gasteiger partial charge in [-0.15, -0.1) is 0 Å². The number of amides is 3. The second-order valence-corrected chi connectivity index (χ2v) is 9.60. The first-order chi connectivity index (χ1) is 17.9. The predicted octanol–water partition coefficient (Wildman–Crippen LogP) is 2.83. The van der Waals surface area contributed by atoms with Gasteiger partial charge in [0.15, 0.2) is 0 Å². The van der Waals surface area contributed by atoms with Crippen LogP contribution in [0.15, 0.2) is 48.7 Å². The molecule has 0 radical (unpaired) electrons. The van der Waals surface area contributed by atoms with E-state index in [9.17, 15) is 19.6 Å². The molecule has 5 rings (SSSR count). The van der Waals surface area contributed by atoms with Gasteiger partial charge in [-0.2, -0.15) is 10.4 Å². The number of methoxy groups -OCH3 is 1. The lowest BCUT2D eigenvalue weighted by Crippen LogP contribution is -2.43. The van der Waals surface area contributed by atoms with Crippen molar-refractivity contribution in [3.8, 4) is 11.8 Å². The normalized spacial score (nSPS) is 18.9. The minimum Gasteiger partial charge on any atom is -0.494 e. The number of ether oxygens (including phenoxy) is 1. The quantitative estimate of drug-likeness (QED) is 0.533. The molecule has 0 spiro atoms. The first-order valence-corrected chi connectivity index (χ1v) is 12.2. The van der Waals surface area contributed by atoms with Gasteiger partial charge in [0, 0.05) is 36.4 Å². The molecule has 2 aromatic carbocycles. The monoisotopic (exact) mass is 500 g/mol. The number of carbonyl (C=O) groups excluding carboxylic acids is 3. The van der Waals surface area contributed by atoms with Crippen molar-refractivity contribution in [1.29, 1.82) is 5.26 Å². The summed E-state index contributed by atoms with van der Waals surface area (Å²) in [5.41, 5.74) is 1.73. The fraction of sp³-hybridized carbons (Fsp3) is 0.370. The van der Waals surface area contributed by atoms with Crippen molar-refractivity contribution < 1.29 is 19.1 Å². The lowest BCUT2D eigenvalue weighted by atomic mass is 10.1. The summed E-state index contributed by atoms with van der Waals surface area (Å²) in [7, 11) is 3.08. The van der Waals surface area contributed by atoms with E-state index in [1.165, 1.54) is 16.9 Å². The molecule has 10 heteroatoms. The number of fused-ring (bicyclic) bond motifs is 1. The summed E-state index contributed by atoms with van der Waals surface area (Å²) in [6, 6.07) is 14.2. The highest BCUT2D eigenvalue weighted by molar-refractivity contribution is 6.01. The molecular formula is C27H28N6O4. The average molecular weight is 501 g/mol. The molecule has 10 nitrogen and oxygen atoms in total. The van der Waals surface area contributed by atoms with Gasteiger partial charge in [0.25, 0.3) is 5.91 Å². The molecular weight excluding hydrogens is 472 g/mol. The lowest BCUT2D eigenvalue weighted by Gasteiger charge is -2.24. The maximum atomic E-state index is 13.2. The molecule has 37 heavy (non-hydrogen) atoms. The highest BCUT2D eigenvalue weighted by Gasteiger charge is 2.39. The van der Waals surface area contributed by atoms with Crippen molar-refractivity contribution in [3.05, 3.63) is 54.2 Å². The Balaban J connectivity index is 1.26. The van der Waals surface area contributed by atoms with Crippen LogP contribution < -0.4 is 10.1 Å². The van der Waals surface area contributed by atoms with E-state index in [1.54, 1.807) is 31.3 Å². The van der Waals surface area contributed by atoms with Gasteiger partial charge in [0.05, 0.1) is 31.7 Å². The Morgan fingerprint density at radius 2 is 1.97 bits per heavy atom. The average Bonchev–Trinajstić information content (AvgIpc) is 3.51.